The standard InChI is InChI=1S/C22H24O7/c1-11(2)5-6-13-18(28-4)9-16(25)21-17(26)10-19(29-22(13)21)20-14(23)7-12(27-3)8-15(20)24/h5,7-9,19,23-25H,6,10H2,1-4H3. The van der Waals surface area contributed by atoms with Crippen molar-refractivity contribution in [2.45, 2.75) is 32.8 Å². The minimum absolute atomic E-state index is 0.0756. The molecule has 29 heavy (non-hydrogen) atoms. The molecule has 3 N–H and O–H groups in total. The summed E-state index contributed by atoms with van der Waals surface area (Å²) in [6.07, 6.45) is 1.30. The maximum Gasteiger partial charge on any atom is 0.174 e. The second-order valence-corrected chi connectivity index (χ2v) is 7.08. The van der Waals surface area contributed by atoms with Crippen molar-refractivity contribution in [1.29, 1.82) is 0 Å². The molecule has 1 atom stereocenters. The van der Waals surface area contributed by atoms with Crippen molar-refractivity contribution in [2.24, 2.45) is 0 Å². The van der Waals surface area contributed by atoms with Crippen molar-refractivity contribution >= 4 is 5.78 Å². The quantitative estimate of drug-likeness (QED) is 0.651. The predicted octanol–water partition coefficient (Wildman–Crippen LogP) is 4.04. The first-order chi connectivity index (χ1) is 13.8. The Balaban J connectivity index is 2.14. The molecule has 3 rings (SSSR count). The average molecular weight is 400 g/mol. The Morgan fingerprint density at radius 1 is 1.10 bits per heavy atom. The first-order valence-electron chi connectivity index (χ1n) is 9.12. The van der Waals surface area contributed by atoms with Gasteiger partial charge >= 0.3 is 0 Å². The van der Waals surface area contributed by atoms with Gasteiger partial charge in [0.1, 0.15) is 46.2 Å². The van der Waals surface area contributed by atoms with Gasteiger partial charge in [0, 0.05) is 23.8 Å². The van der Waals surface area contributed by atoms with Crippen LogP contribution in [0.1, 0.15) is 47.9 Å². The third kappa shape index (κ3) is 3.81. The Labute approximate surface area is 168 Å². The lowest BCUT2D eigenvalue weighted by Crippen LogP contribution is -2.22. The fourth-order valence-electron chi connectivity index (χ4n) is 3.40. The number of rotatable bonds is 5. The number of phenols is 3. The summed E-state index contributed by atoms with van der Waals surface area (Å²) in [5.74, 6) is -0.239. The van der Waals surface area contributed by atoms with Crippen LogP contribution in [-0.2, 0) is 6.42 Å². The number of hydrogen-bond donors (Lipinski definition) is 3. The zero-order valence-corrected chi connectivity index (χ0v) is 16.8. The summed E-state index contributed by atoms with van der Waals surface area (Å²) in [4.78, 5) is 12.8. The van der Waals surface area contributed by atoms with Crippen molar-refractivity contribution in [1.82, 2.24) is 0 Å². The fraction of sp³-hybridized carbons (Fsp3) is 0.318. The van der Waals surface area contributed by atoms with Crippen LogP contribution in [0.2, 0.25) is 0 Å². The van der Waals surface area contributed by atoms with E-state index in [0.717, 1.165) is 5.57 Å². The van der Waals surface area contributed by atoms with E-state index in [1.807, 2.05) is 19.9 Å². The van der Waals surface area contributed by atoms with Gasteiger partial charge in [-0.15, -0.1) is 0 Å². The number of hydrogen-bond acceptors (Lipinski definition) is 7. The number of phenolic OH excluding ortho intramolecular Hbond substituents is 3. The minimum atomic E-state index is -0.933. The number of Topliss-reactive ketones (excluding diaryl/α,β-unsaturated/α-hetero) is 1. The largest absolute Gasteiger partial charge is 0.507 e. The number of fused-ring (bicyclic) bond motifs is 1. The lowest BCUT2D eigenvalue weighted by Gasteiger charge is -2.29. The van der Waals surface area contributed by atoms with E-state index in [1.54, 1.807) is 0 Å². The van der Waals surface area contributed by atoms with E-state index in [0.29, 0.717) is 17.7 Å². The molecule has 1 aliphatic heterocycles. The Bertz CT molecular complexity index is 964. The highest BCUT2D eigenvalue weighted by Crippen LogP contribution is 2.49. The topological polar surface area (TPSA) is 105 Å². The minimum Gasteiger partial charge on any atom is -0.507 e. The van der Waals surface area contributed by atoms with E-state index in [1.165, 1.54) is 32.4 Å². The summed E-state index contributed by atoms with van der Waals surface area (Å²) >= 11 is 0. The summed E-state index contributed by atoms with van der Waals surface area (Å²) in [6.45, 7) is 3.89. The number of benzene rings is 2. The lowest BCUT2D eigenvalue weighted by atomic mass is 9.91. The number of allylic oxidation sites excluding steroid dienone is 2. The van der Waals surface area contributed by atoms with Crippen LogP contribution in [-0.4, -0.2) is 35.3 Å². The van der Waals surface area contributed by atoms with Crippen molar-refractivity contribution in [3.05, 3.63) is 46.5 Å². The van der Waals surface area contributed by atoms with E-state index in [2.05, 4.69) is 0 Å². The summed E-state index contributed by atoms with van der Waals surface area (Å²) in [6, 6.07) is 4.08. The number of carbonyl (C=O) groups excluding carboxylic acids is 1. The molecule has 0 amide bonds. The molecule has 1 aliphatic rings. The third-order valence-electron chi connectivity index (χ3n) is 4.83. The van der Waals surface area contributed by atoms with E-state index >= 15 is 0 Å². The Kier molecular flexibility index (Phi) is 5.59. The van der Waals surface area contributed by atoms with E-state index < -0.39 is 6.10 Å². The third-order valence-corrected chi connectivity index (χ3v) is 4.83. The van der Waals surface area contributed by atoms with E-state index in [9.17, 15) is 20.1 Å². The van der Waals surface area contributed by atoms with Crippen molar-refractivity contribution in [3.63, 3.8) is 0 Å². The second kappa shape index (κ2) is 7.95. The van der Waals surface area contributed by atoms with Crippen LogP contribution >= 0.6 is 0 Å². The molecule has 0 radical (unpaired) electrons. The van der Waals surface area contributed by atoms with Gasteiger partial charge in [-0.1, -0.05) is 11.6 Å². The molecule has 0 spiro atoms. The first-order valence-corrected chi connectivity index (χ1v) is 9.12. The zero-order valence-electron chi connectivity index (χ0n) is 16.8. The molecule has 0 fully saturated rings. The maximum absolute atomic E-state index is 12.8. The van der Waals surface area contributed by atoms with Gasteiger partial charge in [0.25, 0.3) is 0 Å². The molecule has 1 heterocycles. The number of methoxy groups -OCH3 is 2. The molecular weight excluding hydrogens is 376 g/mol. The average Bonchev–Trinajstić information content (AvgIpc) is 2.65. The molecule has 0 aliphatic carbocycles. The first kappa shape index (κ1) is 20.4. The molecule has 1 unspecified atom stereocenters. The fourth-order valence-corrected chi connectivity index (χ4v) is 3.40. The number of ketones is 1. The van der Waals surface area contributed by atoms with Crippen LogP contribution in [0.4, 0.5) is 0 Å². The second-order valence-electron chi connectivity index (χ2n) is 7.08. The molecule has 7 heteroatoms. The highest BCUT2D eigenvalue weighted by molar-refractivity contribution is 6.03. The predicted molar refractivity (Wildman–Crippen MR) is 106 cm³/mol. The van der Waals surface area contributed by atoms with Crippen LogP contribution < -0.4 is 14.2 Å². The van der Waals surface area contributed by atoms with Crippen molar-refractivity contribution in [3.8, 4) is 34.5 Å². The lowest BCUT2D eigenvalue weighted by molar-refractivity contribution is 0.0836. The van der Waals surface area contributed by atoms with Crippen LogP contribution in [0.3, 0.4) is 0 Å². The number of aromatic hydroxyl groups is 3. The monoisotopic (exact) mass is 400 g/mol. The Morgan fingerprint density at radius 2 is 1.76 bits per heavy atom. The van der Waals surface area contributed by atoms with Crippen molar-refractivity contribution in [2.75, 3.05) is 14.2 Å². The molecule has 0 saturated carbocycles. The summed E-state index contributed by atoms with van der Waals surface area (Å²) in [5.41, 5.74) is 1.83. The highest BCUT2D eigenvalue weighted by atomic mass is 16.5. The van der Waals surface area contributed by atoms with Crippen LogP contribution in [0.5, 0.6) is 34.5 Å². The highest BCUT2D eigenvalue weighted by Gasteiger charge is 2.36. The van der Waals surface area contributed by atoms with Gasteiger partial charge in [0.15, 0.2) is 5.78 Å². The molecule has 0 aromatic heterocycles. The molecular formula is C22H24O7. The van der Waals surface area contributed by atoms with Gasteiger partial charge in [0.2, 0.25) is 0 Å². The summed E-state index contributed by atoms with van der Waals surface area (Å²) in [5, 5.41) is 31.1. The molecule has 2 aromatic rings. The molecule has 0 bridgehead atoms. The molecule has 154 valence electrons. The summed E-state index contributed by atoms with van der Waals surface area (Å²) in [7, 11) is 2.88. The van der Waals surface area contributed by atoms with Crippen molar-refractivity contribution < 1.29 is 34.3 Å². The van der Waals surface area contributed by atoms with E-state index in [4.69, 9.17) is 14.2 Å². The van der Waals surface area contributed by atoms with Gasteiger partial charge < -0.3 is 29.5 Å². The van der Waals surface area contributed by atoms with Gasteiger partial charge in [-0.3, -0.25) is 4.79 Å². The number of carbonyl (C=O) groups is 1. The van der Waals surface area contributed by atoms with Crippen LogP contribution in [0.15, 0.2) is 29.8 Å². The van der Waals surface area contributed by atoms with Crippen LogP contribution in [0.25, 0.3) is 0 Å². The normalized spacial score (nSPS) is 15.3. The van der Waals surface area contributed by atoms with Gasteiger partial charge in [-0.25, -0.2) is 0 Å². The Morgan fingerprint density at radius 3 is 2.31 bits per heavy atom. The smallest absolute Gasteiger partial charge is 0.174 e. The molecule has 0 saturated heterocycles. The summed E-state index contributed by atoms with van der Waals surface area (Å²) < 4.78 is 16.5. The van der Waals surface area contributed by atoms with Crippen LogP contribution in [0, 0.1) is 0 Å². The van der Waals surface area contributed by atoms with Gasteiger partial charge in [-0.2, -0.15) is 0 Å². The zero-order chi connectivity index (χ0) is 21.3. The van der Waals surface area contributed by atoms with E-state index in [-0.39, 0.29) is 52.1 Å². The SMILES string of the molecule is COc1cc(O)c(C2CC(=O)c3c(O)cc(OC)c(CC=C(C)C)c3O2)c(O)c1. The van der Waals surface area contributed by atoms with Gasteiger partial charge in [-0.05, 0) is 20.3 Å². The number of ether oxygens (including phenoxy) is 3. The maximum atomic E-state index is 12.8. The molecule has 7 nitrogen and oxygen atoms in total. The molecule has 2 aromatic carbocycles. The Hall–Kier alpha value is -3.35. The van der Waals surface area contributed by atoms with Gasteiger partial charge in [0.05, 0.1) is 26.2 Å².